The molecule has 1 aromatic carbocycles. The van der Waals surface area contributed by atoms with Crippen LogP contribution in [0, 0.1) is 0 Å². The van der Waals surface area contributed by atoms with Crippen LogP contribution in [0.2, 0.25) is 5.02 Å². The van der Waals surface area contributed by atoms with Gasteiger partial charge < -0.3 is 0 Å². The third kappa shape index (κ3) is 2.85. The SMILES string of the molecule is Clc1cnccc1CC(Br)c1ccc2c(c1)CCC2. The molecule has 3 heteroatoms. The Morgan fingerprint density at radius 2 is 2.05 bits per heavy atom. The molecule has 0 aliphatic heterocycles. The number of aryl methyl sites for hydroxylation is 2. The molecule has 0 N–H and O–H groups in total. The van der Waals surface area contributed by atoms with Crippen molar-refractivity contribution >= 4 is 27.5 Å². The van der Waals surface area contributed by atoms with Crippen LogP contribution in [0.3, 0.4) is 0 Å². The summed E-state index contributed by atoms with van der Waals surface area (Å²) < 4.78 is 0. The van der Waals surface area contributed by atoms with Gasteiger partial charge in [-0.05, 0) is 54.0 Å². The molecule has 19 heavy (non-hydrogen) atoms. The summed E-state index contributed by atoms with van der Waals surface area (Å²) in [5.74, 6) is 0. The van der Waals surface area contributed by atoms with Gasteiger partial charge in [-0.1, -0.05) is 45.7 Å². The Bertz CT molecular complexity index is 597. The van der Waals surface area contributed by atoms with Crippen molar-refractivity contribution in [3.05, 3.63) is 63.9 Å². The fourth-order valence-corrected chi connectivity index (χ4v) is 3.50. The number of aromatic nitrogens is 1. The lowest BCUT2D eigenvalue weighted by molar-refractivity contribution is 0.909. The summed E-state index contributed by atoms with van der Waals surface area (Å²) in [7, 11) is 0. The Morgan fingerprint density at radius 1 is 1.21 bits per heavy atom. The lowest BCUT2D eigenvalue weighted by Crippen LogP contribution is -1.98. The molecule has 0 fully saturated rings. The van der Waals surface area contributed by atoms with Crippen molar-refractivity contribution in [1.82, 2.24) is 4.98 Å². The van der Waals surface area contributed by atoms with Gasteiger partial charge in [0.2, 0.25) is 0 Å². The van der Waals surface area contributed by atoms with Gasteiger partial charge in [-0.2, -0.15) is 0 Å². The van der Waals surface area contributed by atoms with E-state index in [1.165, 1.54) is 36.0 Å². The molecular formula is C16H15BrClN. The second-order valence-corrected chi connectivity index (χ2v) is 6.53. The second kappa shape index (κ2) is 5.64. The van der Waals surface area contributed by atoms with E-state index in [0.717, 1.165) is 17.0 Å². The molecular weight excluding hydrogens is 322 g/mol. The number of pyridine rings is 1. The second-order valence-electron chi connectivity index (χ2n) is 5.02. The van der Waals surface area contributed by atoms with Gasteiger partial charge in [-0.15, -0.1) is 0 Å². The van der Waals surface area contributed by atoms with Crippen LogP contribution >= 0.6 is 27.5 Å². The first-order valence-electron chi connectivity index (χ1n) is 6.58. The molecule has 0 saturated heterocycles. The van der Waals surface area contributed by atoms with Crippen LogP contribution in [0.5, 0.6) is 0 Å². The first-order chi connectivity index (χ1) is 9.24. The topological polar surface area (TPSA) is 12.9 Å². The maximum atomic E-state index is 6.17. The molecule has 1 atom stereocenters. The number of fused-ring (bicyclic) bond motifs is 1. The summed E-state index contributed by atoms with van der Waals surface area (Å²) >= 11 is 9.95. The monoisotopic (exact) mass is 335 g/mol. The fraction of sp³-hybridized carbons (Fsp3) is 0.312. The third-order valence-corrected chi connectivity index (χ3v) is 4.93. The molecule has 1 unspecified atom stereocenters. The first kappa shape index (κ1) is 13.1. The maximum absolute atomic E-state index is 6.17. The molecule has 1 nitrogen and oxygen atoms in total. The van der Waals surface area contributed by atoms with E-state index in [2.05, 4.69) is 39.1 Å². The van der Waals surface area contributed by atoms with Crippen LogP contribution in [0.1, 0.15) is 33.5 Å². The number of halogens is 2. The van der Waals surface area contributed by atoms with Crippen molar-refractivity contribution in [2.75, 3.05) is 0 Å². The predicted octanol–water partition coefficient (Wildman–Crippen LogP) is 4.90. The molecule has 1 aromatic heterocycles. The highest BCUT2D eigenvalue weighted by molar-refractivity contribution is 9.09. The summed E-state index contributed by atoms with van der Waals surface area (Å²) in [5, 5.41) is 0.744. The molecule has 0 amide bonds. The van der Waals surface area contributed by atoms with Gasteiger partial charge in [-0.3, -0.25) is 4.98 Å². The van der Waals surface area contributed by atoms with Crippen molar-refractivity contribution in [3.63, 3.8) is 0 Å². The standard InChI is InChI=1S/C16H15BrClN/c17-15(9-14-6-7-19-10-16(14)18)13-5-4-11-2-1-3-12(11)8-13/h4-8,10,15H,1-3,9H2. The summed E-state index contributed by atoms with van der Waals surface area (Å²) in [5.41, 5.74) is 5.51. The zero-order chi connectivity index (χ0) is 13.2. The molecule has 0 spiro atoms. The minimum Gasteiger partial charge on any atom is -0.263 e. The number of alkyl halides is 1. The molecule has 1 heterocycles. The average molecular weight is 337 g/mol. The zero-order valence-electron chi connectivity index (χ0n) is 10.6. The highest BCUT2D eigenvalue weighted by atomic mass is 79.9. The first-order valence-corrected chi connectivity index (χ1v) is 7.87. The molecule has 98 valence electrons. The minimum atomic E-state index is 0.304. The van der Waals surface area contributed by atoms with Gasteiger partial charge in [0.05, 0.1) is 5.02 Å². The Labute approximate surface area is 127 Å². The zero-order valence-corrected chi connectivity index (χ0v) is 12.9. The number of rotatable bonds is 3. The van der Waals surface area contributed by atoms with E-state index < -0.39 is 0 Å². The maximum Gasteiger partial charge on any atom is 0.0621 e. The van der Waals surface area contributed by atoms with E-state index in [4.69, 9.17) is 11.6 Å². The lowest BCUT2D eigenvalue weighted by atomic mass is 10.0. The van der Waals surface area contributed by atoms with E-state index in [0.29, 0.717) is 4.83 Å². The van der Waals surface area contributed by atoms with Gasteiger partial charge >= 0.3 is 0 Å². The van der Waals surface area contributed by atoms with Crippen LogP contribution in [0.25, 0.3) is 0 Å². The Kier molecular flexibility index (Phi) is 3.90. The molecule has 3 rings (SSSR count). The molecule has 2 aromatic rings. The van der Waals surface area contributed by atoms with Crippen molar-refractivity contribution in [2.45, 2.75) is 30.5 Å². The van der Waals surface area contributed by atoms with Crippen molar-refractivity contribution in [1.29, 1.82) is 0 Å². The van der Waals surface area contributed by atoms with Crippen LogP contribution in [0.15, 0.2) is 36.7 Å². The largest absolute Gasteiger partial charge is 0.263 e. The minimum absolute atomic E-state index is 0.304. The Hall–Kier alpha value is -0.860. The van der Waals surface area contributed by atoms with Gasteiger partial charge in [0.1, 0.15) is 0 Å². The predicted molar refractivity (Wildman–Crippen MR) is 83.1 cm³/mol. The molecule has 1 aliphatic rings. The summed E-state index contributed by atoms with van der Waals surface area (Å²) in [6.07, 6.45) is 8.14. The van der Waals surface area contributed by atoms with Gasteiger partial charge in [0.25, 0.3) is 0 Å². The number of hydrogen-bond acceptors (Lipinski definition) is 1. The summed E-state index contributed by atoms with van der Waals surface area (Å²) in [6.45, 7) is 0. The summed E-state index contributed by atoms with van der Waals surface area (Å²) in [4.78, 5) is 4.33. The van der Waals surface area contributed by atoms with Crippen molar-refractivity contribution in [2.24, 2.45) is 0 Å². The average Bonchev–Trinajstić information content (AvgIpc) is 2.88. The quantitative estimate of drug-likeness (QED) is 0.726. The van der Waals surface area contributed by atoms with E-state index >= 15 is 0 Å². The summed E-state index contributed by atoms with van der Waals surface area (Å²) in [6, 6.07) is 8.85. The number of nitrogens with zero attached hydrogens (tertiary/aromatic N) is 1. The Morgan fingerprint density at radius 3 is 2.89 bits per heavy atom. The van der Waals surface area contributed by atoms with E-state index in [1.54, 1.807) is 12.4 Å². The normalized spacial score (nSPS) is 15.3. The van der Waals surface area contributed by atoms with E-state index in [1.807, 2.05) is 6.07 Å². The fourth-order valence-electron chi connectivity index (χ4n) is 2.67. The van der Waals surface area contributed by atoms with E-state index in [9.17, 15) is 0 Å². The van der Waals surface area contributed by atoms with Crippen molar-refractivity contribution < 1.29 is 0 Å². The molecule has 0 saturated carbocycles. The van der Waals surface area contributed by atoms with Gasteiger partial charge in [0, 0.05) is 17.2 Å². The van der Waals surface area contributed by atoms with E-state index in [-0.39, 0.29) is 0 Å². The smallest absolute Gasteiger partial charge is 0.0621 e. The number of benzene rings is 1. The molecule has 0 bridgehead atoms. The van der Waals surface area contributed by atoms with Gasteiger partial charge in [-0.25, -0.2) is 0 Å². The van der Waals surface area contributed by atoms with Crippen molar-refractivity contribution in [3.8, 4) is 0 Å². The van der Waals surface area contributed by atoms with Gasteiger partial charge in [0.15, 0.2) is 0 Å². The molecule has 0 radical (unpaired) electrons. The van der Waals surface area contributed by atoms with Crippen LogP contribution in [-0.2, 0) is 19.3 Å². The van der Waals surface area contributed by atoms with Crippen LogP contribution < -0.4 is 0 Å². The van der Waals surface area contributed by atoms with Crippen LogP contribution in [-0.4, -0.2) is 4.98 Å². The third-order valence-electron chi connectivity index (χ3n) is 3.74. The highest BCUT2D eigenvalue weighted by Gasteiger charge is 2.15. The molecule has 1 aliphatic carbocycles. The van der Waals surface area contributed by atoms with Crippen LogP contribution in [0.4, 0.5) is 0 Å². The number of hydrogen-bond donors (Lipinski definition) is 0. The highest BCUT2D eigenvalue weighted by Crippen LogP contribution is 2.32. The lowest BCUT2D eigenvalue weighted by Gasteiger charge is -2.13. The Balaban J connectivity index is 1.81.